The predicted molar refractivity (Wildman–Crippen MR) is 60.9 cm³/mol. The molecule has 0 aromatic carbocycles. The van der Waals surface area contributed by atoms with Crippen LogP contribution in [0.2, 0.25) is 0 Å². The van der Waals surface area contributed by atoms with Gasteiger partial charge in [0, 0.05) is 14.1 Å². The van der Waals surface area contributed by atoms with Crippen LogP contribution in [-0.2, 0) is 14.4 Å². The minimum atomic E-state index is -0.203. The maximum atomic E-state index is 12.0. The van der Waals surface area contributed by atoms with Gasteiger partial charge in [-0.05, 0) is 12.8 Å². The molecule has 0 radical (unpaired) electrons. The van der Waals surface area contributed by atoms with Crippen molar-refractivity contribution in [1.82, 2.24) is 9.80 Å². The van der Waals surface area contributed by atoms with Gasteiger partial charge in [0.15, 0.2) is 0 Å². The van der Waals surface area contributed by atoms with Crippen LogP contribution in [0, 0.1) is 11.8 Å². The fraction of sp³-hybridized carbons (Fsp3) is 0.750. The number of hydrogen-bond donors (Lipinski definition) is 0. The van der Waals surface area contributed by atoms with E-state index in [0.29, 0.717) is 0 Å². The van der Waals surface area contributed by atoms with E-state index in [9.17, 15) is 14.4 Å². The first-order valence-electron chi connectivity index (χ1n) is 6.07. The van der Waals surface area contributed by atoms with E-state index in [0.717, 1.165) is 30.6 Å². The van der Waals surface area contributed by atoms with Crippen molar-refractivity contribution in [2.75, 3.05) is 20.6 Å². The van der Waals surface area contributed by atoms with Gasteiger partial charge in [0.1, 0.15) is 6.54 Å². The lowest BCUT2D eigenvalue weighted by Gasteiger charge is -2.19. The second-order valence-corrected chi connectivity index (χ2v) is 5.05. The Morgan fingerprint density at radius 3 is 2.06 bits per heavy atom. The van der Waals surface area contributed by atoms with Crippen LogP contribution in [0.3, 0.4) is 0 Å². The zero-order chi connectivity index (χ0) is 12.6. The van der Waals surface area contributed by atoms with Crippen molar-refractivity contribution in [1.29, 1.82) is 0 Å². The highest BCUT2D eigenvalue weighted by molar-refractivity contribution is 6.07. The van der Waals surface area contributed by atoms with E-state index in [1.807, 2.05) is 0 Å². The monoisotopic (exact) mass is 238 g/mol. The highest BCUT2D eigenvalue weighted by Crippen LogP contribution is 2.37. The minimum Gasteiger partial charge on any atom is -0.347 e. The van der Waals surface area contributed by atoms with Crippen molar-refractivity contribution in [3.63, 3.8) is 0 Å². The summed E-state index contributed by atoms with van der Waals surface area (Å²) in [4.78, 5) is 38.2. The van der Waals surface area contributed by atoms with Crippen molar-refractivity contribution in [3.8, 4) is 0 Å². The second kappa shape index (κ2) is 4.47. The number of imide groups is 1. The number of carbonyl (C=O) groups is 3. The molecule has 0 aromatic rings. The molecule has 0 spiro atoms. The number of likely N-dealkylation sites (N-methyl/N-ethyl adjacent to an activating group) is 1. The van der Waals surface area contributed by atoms with Crippen molar-refractivity contribution < 1.29 is 14.4 Å². The smallest absolute Gasteiger partial charge is 0.242 e. The average molecular weight is 238 g/mol. The van der Waals surface area contributed by atoms with Crippen molar-refractivity contribution >= 4 is 17.7 Å². The van der Waals surface area contributed by atoms with Crippen LogP contribution in [0.4, 0.5) is 0 Å². The van der Waals surface area contributed by atoms with Gasteiger partial charge >= 0.3 is 0 Å². The Morgan fingerprint density at radius 2 is 1.65 bits per heavy atom. The second-order valence-electron chi connectivity index (χ2n) is 5.05. The molecular weight excluding hydrogens is 220 g/mol. The highest BCUT2D eigenvalue weighted by Gasteiger charge is 2.48. The summed E-state index contributed by atoms with van der Waals surface area (Å²) in [5.41, 5.74) is 0. The molecule has 3 amide bonds. The Morgan fingerprint density at radius 1 is 1.18 bits per heavy atom. The summed E-state index contributed by atoms with van der Waals surface area (Å²) < 4.78 is 0. The Bertz CT molecular complexity index is 341. The molecule has 17 heavy (non-hydrogen) atoms. The number of hydrogen-bond acceptors (Lipinski definition) is 3. The lowest BCUT2D eigenvalue weighted by atomic mass is 9.81. The molecule has 5 heteroatoms. The topological polar surface area (TPSA) is 57.7 Å². The Hall–Kier alpha value is -1.39. The predicted octanol–water partition coefficient (Wildman–Crippen LogP) is 0.250. The van der Waals surface area contributed by atoms with E-state index in [-0.39, 0.29) is 36.1 Å². The van der Waals surface area contributed by atoms with E-state index in [4.69, 9.17) is 0 Å². The van der Waals surface area contributed by atoms with Crippen LogP contribution in [0.1, 0.15) is 25.7 Å². The molecule has 1 aliphatic carbocycles. The standard InChI is InChI=1S/C12H18N2O3/c1-13(2)10(15)7-14-11(16)8-5-3-4-6-9(8)12(14)17/h8-9H,3-7H2,1-2H3/t8-,9-/m1/s1. The zero-order valence-corrected chi connectivity index (χ0v) is 10.3. The minimum absolute atomic E-state index is 0.0995. The van der Waals surface area contributed by atoms with Gasteiger partial charge in [0.25, 0.3) is 0 Å². The van der Waals surface area contributed by atoms with Crippen LogP contribution in [-0.4, -0.2) is 48.2 Å². The van der Waals surface area contributed by atoms with Gasteiger partial charge in [-0.15, -0.1) is 0 Å². The number of amides is 3. The first-order chi connectivity index (χ1) is 8.02. The molecule has 2 fully saturated rings. The summed E-state index contributed by atoms with van der Waals surface area (Å²) >= 11 is 0. The third kappa shape index (κ3) is 2.06. The first-order valence-corrected chi connectivity index (χ1v) is 6.07. The summed E-state index contributed by atoms with van der Waals surface area (Å²) in [5, 5.41) is 0. The average Bonchev–Trinajstić information content (AvgIpc) is 2.55. The number of carbonyl (C=O) groups excluding carboxylic acids is 3. The molecule has 1 saturated carbocycles. The summed E-state index contributed by atoms with van der Waals surface area (Å²) in [7, 11) is 3.25. The molecule has 2 rings (SSSR count). The Kier molecular flexibility index (Phi) is 3.17. The quantitative estimate of drug-likeness (QED) is 0.648. The van der Waals surface area contributed by atoms with Gasteiger partial charge in [-0.25, -0.2) is 0 Å². The SMILES string of the molecule is CN(C)C(=O)CN1C(=O)[C@@H]2CCCC[C@H]2C1=O. The lowest BCUT2D eigenvalue weighted by Crippen LogP contribution is -2.40. The maximum Gasteiger partial charge on any atom is 0.242 e. The Labute approximate surface area is 101 Å². The molecule has 0 N–H and O–H groups in total. The number of rotatable bonds is 2. The van der Waals surface area contributed by atoms with Gasteiger partial charge in [-0.2, -0.15) is 0 Å². The molecule has 2 atom stereocenters. The molecule has 0 aromatic heterocycles. The normalized spacial score (nSPS) is 28.2. The molecule has 1 aliphatic heterocycles. The zero-order valence-electron chi connectivity index (χ0n) is 10.3. The van der Waals surface area contributed by atoms with Gasteiger partial charge in [0.05, 0.1) is 11.8 Å². The Balaban J connectivity index is 2.11. The molecule has 94 valence electrons. The molecule has 1 heterocycles. The lowest BCUT2D eigenvalue weighted by molar-refractivity contribution is -0.145. The number of likely N-dealkylation sites (tertiary alicyclic amines) is 1. The van der Waals surface area contributed by atoms with Crippen LogP contribution < -0.4 is 0 Å². The third-order valence-corrected chi connectivity index (χ3v) is 3.72. The van der Waals surface area contributed by atoms with Crippen molar-refractivity contribution in [2.45, 2.75) is 25.7 Å². The molecule has 0 bridgehead atoms. The van der Waals surface area contributed by atoms with E-state index in [2.05, 4.69) is 0 Å². The molecule has 2 aliphatic rings. The molecule has 0 unspecified atom stereocenters. The largest absolute Gasteiger partial charge is 0.347 e. The van der Waals surface area contributed by atoms with Gasteiger partial charge < -0.3 is 4.90 Å². The van der Waals surface area contributed by atoms with Gasteiger partial charge in [-0.1, -0.05) is 12.8 Å². The van der Waals surface area contributed by atoms with Crippen LogP contribution in [0.15, 0.2) is 0 Å². The molecule has 5 nitrogen and oxygen atoms in total. The van der Waals surface area contributed by atoms with Crippen LogP contribution in [0.5, 0.6) is 0 Å². The summed E-state index contributed by atoms with van der Waals surface area (Å²) in [6.07, 6.45) is 3.61. The number of nitrogens with zero attached hydrogens (tertiary/aromatic N) is 2. The molecular formula is C12H18N2O3. The third-order valence-electron chi connectivity index (χ3n) is 3.72. The van der Waals surface area contributed by atoms with Crippen LogP contribution >= 0.6 is 0 Å². The fourth-order valence-corrected chi connectivity index (χ4v) is 2.66. The highest BCUT2D eigenvalue weighted by atomic mass is 16.2. The van der Waals surface area contributed by atoms with E-state index >= 15 is 0 Å². The van der Waals surface area contributed by atoms with Crippen LogP contribution in [0.25, 0.3) is 0 Å². The summed E-state index contributed by atoms with van der Waals surface area (Å²) in [6, 6.07) is 0. The first kappa shape index (κ1) is 12.1. The van der Waals surface area contributed by atoms with Gasteiger partial charge in [0.2, 0.25) is 17.7 Å². The van der Waals surface area contributed by atoms with Crippen molar-refractivity contribution in [3.05, 3.63) is 0 Å². The van der Waals surface area contributed by atoms with Crippen molar-refractivity contribution in [2.24, 2.45) is 11.8 Å². The van der Waals surface area contributed by atoms with E-state index in [1.54, 1.807) is 14.1 Å². The van der Waals surface area contributed by atoms with E-state index < -0.39 is 0 Å². The molecule has 1 saturated heterocycles. The van der Waals surface area contributed by atoms with E-state index in [1.165, 1.54) is 4.90 Å². The summed E-state index contributed by atoms with van der Waals surface area (Å²) in [5.74, 6) is -0.812. The number of fused-ring (bicyclic) bond motifs is 1. The summed E-state index contributed by atoms with van der Waals surface area (Å²) in [6.45, 7) is -0.0995. The maximum absolute atomic E-state index is 12.0. The fourth-order valence-electron chi connectivity index (χ4n) is 2.66. The van der Waals surface area contributed by atoms with Gasteiger partial charge in [-0.3, -0.25) is 19.3 Å².